The first-order valence-electron chi connectivity index (χ1n) is 5.97. The topological polar surface area (TPSA) is 4.93 Å². The van der Waals surface area contributed by atoms with E-state index in [-0.39, 0.29) is 0 Å². The molecule has 1 nitrogen and oxygen atoms in total. The van der Waals surface area contributed by atoms with Gasteiger partial charge in [0.1, 0.15) is 4.64 Å². The number of rotatable bonds is 2. The molecule has 18 heavy (non-hydrogen) atoms. The van der Waals surface area contributed by atoms with Crippen LogP contribution in [0.3, 0.4) is 0 Å². The lowest BCUT2D eigenvalue weighted by Crippen LogP contribution is -2.03. The molecule has 3 aromatic rings. The second-order valence-corrected chi connectivity index (χ2v) is 4.72. The van der Waals surface area contributed by atoms with Crippen molar-refractivity contribution >= 4 is 23.1 Å². The molecule has 0 aliphatic heterocycles. The van der Waals surface area contributed by atoms with Gasteiger partial charge in [0, 0.05) is 12.1 Å². The molecular formula is C16H13NS. The summed E-state index contributed by atoms with van der Waals surface area (Å²) in [4.78, 5) is 0. The van der Waals surface area contributed by atoms with E-state index >= 15 is 0 Å². The summed E-state index contributed by atoms with van der Waals surface area (Å²) in [5, 5.41) is 1.22. The number of nitrogens with zero attached hydrogens (tertiary/aromatic N) is 1. The molecule has 1 aromatic heterocycles. The van der Waals surface area contributed by atoms with E-state index in [2.05, 4.69) is 59.2 Å². The molecule has 0 spiro atoms. The highest BCUT2D eigenvalue weighted by molar-refractivity contribution is 7.71. The highest BCUT2D eigenvalue weighted by atomic mass is 32.1. The number of para-hydroxylation sites is 1. The number of benzene rings is 2. The van der Waals surface area contributed by atoms with Crippen LogP contribution in [-0.4, -0.2) is 4.57 Å². The maximum Gasteiger partial charge on any atom is 0.106 e. The van der Waals surface area contributed by atoms with Gasteiger partial charge in [0.05, 0.1) is 0 Å². The molecule has 0 radical (unpaired) electrons. The molecule has 0 fully saturated rings. The summed E-state index contributed by atoms with van der Waals surface area (Å²) >= 11 is 5.44. The molecule has 0 saturated carbocycles. The van der Waals surface area contributed by atoms with Gasteiger partial charge >= 0.3 is 0 Å². The summed E-state index contributed by atoms with van der Waals surface area (Å²) in [7, 11) is 0. The maximum atomic E-state index is 5.44. The first kappa shape index (κ1) is 11.2. The second kappa shape index (κ2) is 4.75. The normalized spacial score (nSPS) is 10.7. The Labute approximate surface area is 111 Å². The van der Waals surface area contributed by atoms with Crippen LogP contribution in [0.5, 0.6) is 0 Å². The van der Waals surface area contributed by atoms with Gasteiger partial charge < -0.3 is 4.57 Å². The highest BCUT2D eigenvalue weighted by Gasteiger charge is 2.00. The number of aromatic nitrogens is 1. The van der Waals surface area contributed by atoms with Crippen LogP contribution in [-0.2, 0) is 6.54 Å². The van der Waals surface area contributed by atoms with E-state index in [0.717, 1.165) is 11.2 Å². The fraction of sp³-hybridized carbons (Fsp3) is 0.0625. The van der Waals surface area contributed by atoms with Crippen molar-refractivity contribution in [1.82, 2.24) is 4.57 Å². The molecule has 1 heterocycles. The molecule has 0 bridgehead atoms. The predicted octanol–water partition coefficient (Wildman–Crippen LogP) is 4.42. The average Bonchev–Trinajstić information content (AvgIpc) is 2.43. The van der Waals surface area contributed by atoms with Gasteiger partial charge in [-0.05, 0) is 29.1 Å². The van der Waals surface area contributed by atoms with Crippen molar-refractivity contribution in [3.8, 4) is 0 Å². The van der Waals surface area contributed by atoms with Crippen LogP contribution in [0, 0.1) is 4.64 Å². The zero-order valence-electron chi connectivity index (χ0n) is 9.91. The minimum absolute atomic E-state index is 0.820. The molecule has 0 N–H and O–H groups in total. The Kier molecular flexibility index (Phi) is 2.95. The summed E-state index contributed by atoms with van der Waals surface area (Å²) in [5.74, 6) is 0. The van der Waals surface area contributed by atoms with Gasteiger partial charge in [-0.1, -0.05) is 60.7 Å². The molecule has 0 atom stereocenters. The predicted molar refractivity (Wildman–Crippen MR) is 78.3 cm³/mol. The summed E-state index contributed by atoms with van der Waals surface area (Å²) in [6.07, 6.45) is 0. The van der Waals surface area contributed by atoms with E-state index in [1.54, 1.807) is 0 Å². The van der Waals surface area contributed by atoms with Crippen LogP contribution in [0.1, 0.15) is 5.56 Å². The number of pyridine rings is 1. The molecule has 0 saturated heterocycles. The SMILES string of the molecule is S=c1ccc2ccccc2n1Cc1ccccc1. The summed E-state index contributed by atoms with van der Waals surface area (Å²) in [6, 6.07) is 22.8. The van der Waals surface area contributed by atoms with Crippen molar-refractivity contribution in [3.63, 3.8) is 0 Å². The third-order valence-electron chi connectivity index (χ3n) is 3.08. The summed E-state index contributed by atoms with van der Waals surface area (Å²) in [6.45, 7) is 0.820. The first-order valence-corrected chi connectivity index (χ1v) is 6.38. The zero-order valence-corrected chi connectivity index (χ0v) is 10.7. The van der Waals surface area contributed by atoms with Gasteiger partial charge in [-0.3, -0.25) is 0 Å². The number of hydrogen-bond donors (Lipinski definition) is 0. The molecule has 0 amide bonds. The third-order valence-corrected chi connectivity index (χ3v) is 3.44. The maximum absolute atomic E-state index is 5.44. The molecule has 88 valence electrons. The highest BCUT2D eigenvalue weighted by Crippen LogP contribution is 2.16. The van der Waals surface area contributed by atoms with Crippen LogP contribution in [0.25, 0.3) is 10.9 Å². The minimum Gasteiger partial charge on any atom is -0.328 e. The summed E-state index contributed by atoms with van der Waals surface area (Å²) < 4.78 is 3.05. The molecular weight excluding hydrogens is 238 g/mol. The lowest BCUT2D eigenvalue weighted by molar-refractivity contribution is 0.815. The Hall–Kier alpha value is -1.93. The van der Waals surface area contributed by atoms with E-state index in [1.807, 2.05) is 12.1 Å². The van der Waals surface area contributed by atoms with Crippen molar-refractivity contribution in [3.05, 3.63) is 76.9 Å². The van der Waals surface area contributed by atoms with Crippen LogP contribution in [0.2, 0.25) is 0 Å². The van der Waals surface area contributed by atoms with Gasteiger partial charge in [-0.25, -0.2) is 0 Å². The second-order valence-electron chi connectivity index (χ2n) is 4.30. The lowest BCUT2D eigenvalue weighted by atomic mass is 10.2. The lowest BCUT2D eigenvalue weighted by Gasteiger charge is -2.11. The van der Waals surface area contributed by atoms with Crippen molar-refractivity contribution in [2.45, 2.75) is 6.54 Å². The fourth-order valence-corrected chi connectivity index (χ4v) is 2.40. The van der Waals surface area contributed by atoms with Crippen LogP contribution in [0.15, 0.2) is 66.7 Å². The third kappa shape index (κ3) is 2.07. The monoisotopic (exact) mass is 251 g/mol. The van der Waals surface area contributed by atoms with E-state index < -0.39 is 0 Å². The zero-order chi connectivity index (χ0) is 12.4. The smallest absolute Gasteiger partial charge is 0.106 e. The van der Waals surface area contributed by atoms with Gasteiger partial charge in [-0.2, -0.15) is 0 Å². The van der Waals surface area contributed by atoms with Crippen molar-refractivity contribution < 1.29 is 0 Å². The minimum atomic E-state index is 0.820. The molecule has 0 unspecified atom stereocenters. The number of fused-ring (bicyclic) bond motifs is 1. The van der Waals surface area contributed by atoms with E-state index in [9.17, 15) is 0 Å². The van der Waals surface area contributed by atoms with Crippen molar-refractivity contribution in [2.75, 3.05) is 0 Å². The van der Waals surface area contributed by atoms with E-state index in [4.69, 9.17) is 12.2 Å². The van der Waals surface area contributed by atoms with E-state index in [0.29, 0.717) is 0 Å². The van der Waals surface area contributed by atoms with Crippen LogP contribution >= 0.6 is 12.2 Å². The Bertz CT molecular complexity index is 729. The Balaban J connectivity index is 2.16. The molecule has 2 heteroatoms. The fourth-order valence-electron chi connectivity index (χ4n) is 2.17. The Morgan fingerprint density at radius 1 is 0.778 bits per heavy atom. The van der Waals surface area contributed by atoms with Gasteiger partial charge in [0.2, 0.25) is 0 Å². The van der Waals surface area contributed by atoms with Crippen molar-refractivity contribution in [1.29, 1.82) is 0 Å². The average molecular weight is 251 g/mol. The van der Waals surface area contributed by atoms with Gasteiger partial charge in [-0.15, -0.1) is 0 Å². The first-order chi connectivity index (χ1) is 8.84. The summed E-state index contributed by atoms with van der Waals surface area (Å²) in [5.41, 5.74) is 2.46. The van der Waals surface area contributed by atoms with Crippen LogP contribution in [0.4, 0.5) is 0 Å². The Morgan fingerprint density at radius 2 is 1.50 bits per heavy atom. The number of hydrogen-bond acceptors (Lipinski definition) is 1. The van der Waals surface area contributed by atoms with Gasteiger partial charge in [0.15, 0.2) is 0 Å². The van der Waals surface area contributed by atoms with Crippen LogP contribution < -0.4 is 0 Å². The largest absolute Gasteiger partial charge is 0.328 e. The van der Waals surface area contributed by atoms with Gasteiger partial charge in [0.25, 0.3) is 0 Å². The Morgan fingerprint density at radius 3 is 2.33 bits per heavy atom. The molecule has 0 aliphatic rings. The van der Waals surface area contributed by atoms with Crippen molar-refractivity contribution in [2.24, 2.45) is 0 Å². The standard InChI is InChI=1S/C16H13NS/c18-16-11-10-14-8-4-5-9-15(14)17(16)12-13-6-2-1-3-7-13/h1-11H,12H2. The molecule has 2 aromatic carbocycles. The quantitative estimate of drug-likeness (QED) is 0.610. The molecule has 0 aliphatic carbocycles. The van der Waals surface area contributed by atoms with E-state index in [1.165, 1.54) is 16.5 Å². The molecule has 3 rings (SSSR count).